The highest BCUT2D eigenvalue weighted by Gasteiger charge is 2.71. The average molecular weight is 458 g/mol. The summed E-state index contributed by atoms with van der Waals surface area (Å²) in [6, 6.07) is 0. The first-order valence-electron chi connectivity index (χ1n) is 9.60. The molecule has 166 valence electrons. The predicted octanol–water partition coefficient (Wildman–Crippen LogP) is 1.30. The summed E-state index contributed by atoms with van der Waals surface area (Å²) in [4.78, 5) is 27.6. The Balaban J connectivity index is 2.23. The molecule has 3 heterocycles. The van der Waals surface area contributed by atoms with Gasteiger partial charge in [0, 0.05) is 19.6 Å². The number of thioether (sulfide) groups is 1. The van der Waals surface area contributed by atoms with E-state index in [2.05, 4.69) is 15.5 Å². The molecule has 1 saturated heterocycles. The van der Waals surface area contributed by atoms with Crippen LogP contribution < -0.4 is 0 Å². The normalized spacial score (nSPS) is 28.4. The first-order valence-corrected chi connectivity index (χ1v) is 12.1. The number of rotatable bonds is 6. The van der Waals surface area contributed by atoms with Gasteiger partial charge in [-0.15, -0.1) is 5.10 Å². The van der Waals surface area contributed by atoms with Gasteiger partial charge in [0.15, 0.2) is 26.6 Å². The number of allylic oxidation sites excluding steroid dienone is 1. The molecule has 0 bridgehead atoms. The zero-order valence-corrected chi connectivity index (χ0v) is 19.8. The van der Waals surface area contributed by atoms with Crippen molar-refractivity contribution in [3.63, 3.8) is 0 Å². The largest absolute Gasteiger partial charge is 0.365 e. The molecule has 1 unspecified atom stereocenters. The van der Waals surface area contributed by atoms with Crippen LogP contribution in [0.15, 0.2) is 16.4 Å². The second kappa shape index (κ2) is 7.41. The number of carbonyl (C=O) groups is 2. The van der Waals surface area contributed by atoms with Crippen molar-refractivity contribution >= 4 is 33.3 Å². The number of fused-ring (bicyclic) bond motifs is 1. The molecule has 0 aromatic carbocycles. The van der Waals surface area contributed by atoms with Crippen molar-refractivity contribution in [3.05, 3.63) is 11.3 Å². The second-order valence-corrected chi connectivity index (χ2v) is 12.1. The van der Waals surface area contributed by atoms with Crippen LogP contribution in [0.25, 0.3) is 0 Å². The summed E-state index contributed by atoms with van der Waals surface area (Å²) in [5, 5.41) is 10.2. The number of hydrogen-bond acceptors (Lipinski definition) is 9. The van der Waals surface area contributed by atoms with Gasteiger partial charge in [-0.1, -0.05) is 45.9 Å². The number of methoxy groups -OCH3 is 1. The summed E-state index contributed by atoms with van der Waals surface area (Å²) < 4.78 is 33.2. The van der Waals surface area contributed by atoms with Gasteiger partial charge in [0.1, 0.15) is 4.58 Å². The van der Waals surface area contributed by atoms with Gasteiger partial charge in [-0.25, -0.2) is 13.1 Å². The van der Waals surface area contributed by atoms with Crippen LogP contribution in [-0.4, -0.2) is 67.9 Å². The lowest BCUT2D eigenvalue weighted by Gasteiger charge is -2.57. The van der Waals surface area contributed by atoms with Crippen LogP contribution in [0.3, 0.4) is 0 Å². The first kappa shape index (κ1) is 22.9. The number of ether oxygens (including phenoxy) is 1. The molecule has 0 N–H and O–H groups in total. The standard InChI is InChI=1S/C18H27N5O5S2/c1-8-9-18(28-7)14(25)23-11(12(24)17(3,4)5)10(2)13(30(26,27)15(18)23)29-16-19-20-21-22(16)6/h13,15H,8-9H2,1-7H3/t13?,15-,18-/m1/s1. The first-order chi connectivity index (χ1) is 13.8. The highest BCUT2D eigenvalue weighted by atomic mass is 32.3. The zero-order chi connectivity index (χ0) is 22.6. The molecule has 0 spiro atoms. The minimum Gasteiger partial charge on any atom is -0.365 e. The van der Waals surface area contributed by atoms with Gasteiger partial charge >= 0.3 is 0 Å². The van der Waals surface area contributed by atoms with Gasteiger partial charge in [-0.05, 0) is 29.3 Å². The number of aryl methyl sites for hydroxylation is 1. The van der Waals surface area contributed by atoms with E-state index in [1.165, 1.54) is 11.8 Å². The van der Waals surface area contributed by atoms with E-state index in [0.29, 0.717) is 17.2 Å². The maximum atomic E-state index is 13.7. The lowest BCUT2D eigenvalue weighted by molar-refractivity contribution is -0.185. The number of sulfone groups is 1. The smallest absolute Gasteiger partial charge is 0.263 e. The van der Waals surface area contributed by atoms with Gasteiger partial charge in [-0.2, -0.15) is 0 Å². The Hall–Kier alpha value is -1.79. The number of carbonyl (C=O) groups excluding carboxylic acids is 2. The lowest BCUT2D eigenvalue weighted by Crippen LogP contribution is -2.79. The number of nitrogens with zero attached hydrogens (tertiary/aromatic N) is 5. The summed E-state index contributed by atoms with van der Waals surface area (Å²) in [5.74, 6) is -0.785. The maximum Gasteiger partial charge on any atom is 0.263 e. The number of hydrogen-bond donors (Lipinski definition) is 0. The number of ketones is 1. The van der Waals surface area contributed by atoms with Crippen molar-refractivity contribution in [2.75, 3.05) is 7.11 Å². The van der Waals surface area contributed by atoms with Crippen molar-refractivity contribution in [1.29, 1.82) is 0 Å². The van der Waals surface area contributed by atoms with E-state index in [1.807, 2.05) is 6.92 Å². The van der Waals surface area contributed by atoms with Crippen LogP contribution in [0.1, 0.15) is 47.5 Å². The number of aromatic nitrogens is 4. The molecular weight excluding hydrogens is 430 g/mol. The molecule has 3 atom stereocenters. The zero-order valence-electron chi connectivity index (χ0n) is 18.2. The fraction of sp³-hybridized carbons (Fsp3) is 0.722. The van der Waals surface area contributed by atoms with Crippen molar-refractivity contribution < 1.29 is 22.7 Å². The number of Topliss-reactive ketones (excluding diaryl/α,β-unsaturated/α-hetero) is 1. The van der Waals surface area contributed by atoms with Crippen LogP contribution in [0.4, 0.5) is 0 Å². The Morgan fingerprint density at radius 1 is 1.33 bits per heavy atom. The topological polar surface area (TPSA) is 124 Å². The molecule has 0 saturated carbocycles. The number of β-lactam (4-membered cyclic amide) rings is 1. The monoisotopic (exact) mass is 457 g/mol. The van der Waals surface area contributed by atoms with E-state index in [0.717, 1.165) is 16.7 Å². The molecule has 0 radical (unpaired) electrons. The second-order valence-electron chi connectivity index (χ2n) is 8.61. The predicted molar refractivity (Wildman–Crippen MR) is 110 cm³/mol. The van der Waals surface area contributed by atoms with E-state index >= 15 is 0 Å². The number of amides is 1. The fourth-order valence-electron chi connectivity index (χ4n) is 3.96. The minimum absolute atomic E-state index is 0.128. The van der Waals surface area contributed by atoms with Crippen LogP contribution in [-0.2, 0) is 31.2 Å². The molecule has 2 aliphatic rings. The molecular formula is C18H27N5O5S2. The quantitative estimate of drug-likeness (QED) is 0.581. The molecule has 2 aliphatic heterocycles. The van der Waals surface area contributed by atoms with Gasteiger partial charge in [0.2, 0.25) is 5.16 Å². The molecule has 30 heavy (non-hydrogen) atoms. The highest BCUT2D eigenvalue weighted by Crippen LogP contribution is 2.52. The van der Waals surface area contributed by atoms with Crippen LogP contribution >= 0.6 is 11.8 Å². The summed E-state index contributed by atoms with van der Waals surface area (Å²) >= 11 is 0.950. The van der Waals surface area contributed by atoms with Crippen molar-refractivity contribution in [1.82, 2.24) is 25.1 Å². The third-order valence-electron chi connectivity index (χ3n) is 5.47. The molecule has 12 heteroatoms. The Kier molecular flexibility index (Phi) is 5.66. The van der Waals surface area contributed by atoms with Crippen LogP contribution in [0, 0.1) is 5.41 Å². The van der Waals surface area contributed by atoms with Gasteiger partial charge in [0.25, 0.3) is 5.91 Å². The van der Waals surface area contributed by atoms with Crippen LogP contribution in [0.5, 0.6) is 0 Å². The van der Waals surface area contributed by atoms with Crippen molar-refractivity contribution in [2.24, 2.45) is 12.5 Å². The van der Waals surface area contributed by atoms with E-state index in [-0.39, 0.29) is 17.9 Å². The third kappa shape index (κ3) is 3.11. The SMILES string of the molecule is CCC[C@@]1(OC)C(=O)N2C(C(=O)C(C)(C)C)=C(C)C(Sc3nnnn3C)S(=O)(=O)[C@@H]21. The summed E-state index contributed by atoms with van der Waals surface area (Å²) in [6.07, 6.45) is 0.789. The van der Waals surface area contributed by atoms with E-state index in [9.17, 15) is 18.0 Å². The van der Waals surface area contributed by atoms with E-state index in [1.54, 1.807) is 34.7 Å². The fourth-order valence-corrected chi connectivity index (χ4v) is 8.00. The van der Waals surface area contributed by atoms with Crippen molar-refractivity contribution in [2.45, 2.75) is 68.2 Å². The van der Waals surface area contributed by atoms with Crippen LogP contribution in [0.2, 0.25) is 0 Å². The molecule has 1 amide bonds. The van der Waals surface area contributed by atoms with Gasteiger partial charge in [0.05, 0.1) is 5.70 Å². The van der Waals surface area contributed by atoms with Gasteiger partial charge < -0.3 is 4.74 Å². The Morgan fingerprint density at radius 2 is 1.97 bits per heavy atom. The molecule has 1 aromatic heterocycles. The third-order valence-corrected chi connectivity index (χ3v) is 9.85. The summed E-state index contributed by atoms with van der Waals surface area (Å²) in [6.45, 7) is 8.65. The molecule has 1 fully saturated rings. The molecule has 3 rings (SSSR count). The Morgan fingerprint density at radius 3 is 2.43 bits per heavy atom. The molecule has 10 nitrogen and oxygen atoms in total. The maximum absolute atomic E-state index is 13.7. The number of tetrazole rings is 1. The molecule has 0 aliphatic carbocycles. The Labute approximate surface area is 180 Å². The van der Waals surface area contributed by atoms with E-state index < -0.39 is 36.7 Å². The van der Waals surface area contributed by atoms with Gasteiger partial charge in [-0.3, -0.25) is 14.5 Å². The van der Waals surface area contributed by atoms with E-state index in [4.69, 9.17) is 4.74 Å². The Bertz CT molecular complexity index is 1030. The summed E-state index contributed by atoms with van der Waals surface area (Å²) in [5.41, 5.74) is -1.88. The van der Waals surface area contributed by atoms with Crippen molar-refractivity contribution in [3.8, 4) is 0 Å². The minimum atomic E-state index is -3.97. The average Bonchev–Trinajstić information content (AvgIpc) is 3.06. The lowest BCUT2D eigenvalue weighted by atomic mass is 9.81. The summed E-state index contributed by atoms with van der Waals surface area (Å²) in [7, 11) is -1.03. The highest BCUT2D eigenvalue weighted by molar-refractivity contribution is 8.14. The molecule has 1 aromatic rings.